The lowest BCUT2D eigenvalue weighted by Crippen LogP contribution is -2.28. The van der Waals surface area contributed by atoms with Gasteiger partial charge in [0.2, 0.25) is 5.89 Å². The van der Waals surface area contributed by atoms with E-state index in [1.54, 1.807) is 0 Å². The highest BCUT2D eigenvalue weighted by atomic mass is 16.3. The Hall–Kier alpha value is -7.56. The summed E-state index contributed by atoms with van der Waals surface area (Å²) < 4.78 is 6.50. The van der Waals surface area contributed by atoms with Gasteiger partial charge in [0.25, 0.3) is 0 Å². The fourth-order valence-corrected chi connectivity index (χ4v) is 9.00. The third-order valence-corrected chi connectivity index (χ3v) is 11.7. The fraction of sp³-hybridized carbons (Fsp3) is 0.0370. The van der Waals surface area contributed by atoms with Crippen molar-refractivity contribution in [3.63, 3.8) is 0 Å². The molecule has 2 unspecified atom stereocenters. The summed E-state index contributed by atoms with van der Waals surface area (Å²) in [6, 6.07) is 73.1. The van der Waals surface area contributed by atoms with E-state index in [9.17, 15) is 0 Å². The number of hydrogen-bond acceptors (Lipinski definition) is 4. The van der Waals surface area contributed by atoms with Crippen molar-refractivity contribution in [2.45, 2.75) is 11.6 Å². The molecule has 0 bridgehead atoms. The number of hydrogen-bond donors (Lipinski definition) is 1. The maximum absolute atomic E-state index is 6.50. The Bertz CT molecular complexity index is 3010. The van der Waals surface area contributed by atoms with E-state index < -0.39 is 5.41 Å². The van der Waals surface area contributed by atoms with E-state index in [2.05, 4.69) is 181 Å². The second-order valence-corrected chi connectivity index (χ2v) is 14.9. The zero-order valence-electron chi connectivity index (χ0n) is 31.6. The van der Waals surface area contributed by atoms with Crippen molar-refractivity contribution in [1.82, 2.24) is 10.3 Å². The minimum Gasteiger partial charge on any atom is -0.436 e. The number of aliphatic imine (C=N–C) groups is 1. The van der Waals surface area contributed by atoms with E-state index in [1.807, 2.05) is 36.4 Å². The number of oxazole rings is 1. The smallest absolute Gasteiger partial charge is 0.227 e. The minimum atomic E-state index is -0.591. The minimum absolute atomic E-state index is 0.245. The fourth-order valence-electron chi connectivity index (χ4n) is 9.00. The van der Waals surface area contributed by atoms with Crippen LogP contribution in [0.15, 0.2) is 222 Å². The number of aromatic nitrogens is 1. The lowest BCUT2D eigenvalue weighted by atomic mass is 9.67. The highest BCUT2D eigenvalue weighted by Gasteiger charge is 2.47. The molecule has 4 heteroatoms. The third kappa shape index (κ3) is 5.53. The van der Waals surface area contributed by atoms with Gasteiger partial charge in [-0.15, -0.1) is 0 Å². The van der Waals surface area contributed by atoms with Gasteiger partial charge in [0.1, 0.15) is 11.7 Å². The van der Waals surface area contributed by atoms with Gasteiger partial charge in [-0.1, -0.05) is 182 Å². The zero-order valence-corrected chi connectivity index (χ0v) is 31.6. The van der Waals surface area contributed by atoms with Crippen LogP contribution in [0, 0.1) is 0 Å². The molecule has 0 amide bonds. The quantitative estimate of drug-likeness (QED) is 0.177. The molecule has 9 aromatic rings. The molecule has 58 heavy (non-hydrogen) atoms. The van der Waals surface area contributed by atoms with Crippen LogP contribution < -0.4 is 5.32 Å². The molecule has 0 fully saturated rings. The molecular formula is C54H37N3O. The van der Waals surface area contributed by atoms with Crippen molar-refractivity contribution in [3.8, 4) is 33.7 Å². The number of rotatable bonds is 7. The summed E-state index contributed by atoms with van der Waals surface area (Å²) in [5.41, 5.74) is 17.0. The van der Waals surface area contributed by atoms with Crippen molar-refractivity contribution >= 4 is 22.5 Å². The molecule has 2 heterocycles. The Labute approximate surface area is 337 Å². The van der Waals surface area contributed by atoms with Crippen LogP contribution in [0.25, 0.3) is 50.5 Å². The van der Waals surface area contributed by atoms with Gasteiger partial charge in [-0.05, 0) is 91.5 Å². The summed E-state index contributed by atoms with van der Waals surface area (Å²) in [5, 5.41) is 3.73. The molecule has 1 aromatic heterocycles. The van der Waals surface area contributed by atoms with Crippen LogP contribution in [0.1, 0.15) is 45.1 Å². The molecule has 0 saturated heterocycles. The van der Waals surface area contributed by atoms with Crippen LogP contribution >= 0.6 is 0 Å². The van der Waals surface area contributed by atoms with Crippen LogP contribution in [0.3, 0.4) is 0 Å². The molecule has 2 aliphatic rings. The van der Waals surface area contributed by atoms with Crippen LogP contribution in [-0.2, 0) is 5.41 Å². The molecule has 2 atom stereocenters. The average molecular weight is 744 g/mol. The summed E-state index contributed by atoms with van der Waals surface area (Å²) >= 11 is 0. The van der Waals surface area contributed by atoms with Crippen molar-refractivity contribution in [2.24, 2.45) is 4.99 Å². The van der Waals surface area contributed by atoms with Crippen LogP contribution in [0.4, 0.5) is 0 Å². The van der Waals surface area contributed by atoms with E-state index in [0.29, 0.717) is 5.89 Å². The molecule has 1 aliphatic heterocycles. The van der Waals surface area contributed by atoms with Crippen LogP contribution in [-0.4, -0.2) is 10.7 Å². The van der Waals surface area contributed by atoms with Crippen molar-refractivity contribution in [3.05, 3.63) is 251 Å². The number of allylic oxidation sites excluding steroid dienone is 1. The van der Waals surface area contributed by atoms with Crippen LogP contribution in [0.2, 0.25) is 0 Å². The SMILES string of the molecule is C1=C(c2ccccc2)NC(c2ccc(-c3cccc4c3-c3ccccc3C4(c3ccccc3)c3ccc4nc(-c5ccccc5)oc4c3)cc2)N=C1c1ccccc1. The van der Waals surface area contributed by atoms with Gasteiger partial charge in [0, 0.05) is 11.3 Å². The van der Waals surface area contributed by atoms with Gasteiger partial charge >= 0.3 is 0 Å². The molecule has 0 saturated carbocycles. The third-order valence-electron chi connectivity index (χ3n) is 11.7. The topological polar surface area (TPSA) is 50.4 Å². The molecule has 0 radical (unpaired) electrons. The molecule has 8 aromatic carbocycles. The first kappa shape index (κ1) is 33.8. The molecule has 1 aliphatic carbocycles. The monoisotopic (exact) mass is 743 g/mol. The van der Waals surface area contributed by atoms with Gasteiger partial charge in [-0.2, -0.15) is 0 Å². The lowest BCUT2D eigenvalue weighted by molar-refractivity contribution is 0.618. The van der Waals surface area contributed by atoms with E-state index in [0.717, 1.165) is 55.9 Å². The summed E-state index contributed by atoms with van der Waals surface area (Å²) in [5.74, 6) is 0.622. The summed E-state index contributed by atoms with van der Waals surface area (Å²) in [7, 11) is 0. The standard InChI is InChI=1S/C54H37N3O/c1-5-16-37(17-6-1)48-35-49(38-18-7-2-8-19-38)56-52(55-48)39-30-28-36(29-31-39)43-25-15-27-46-51(43)44-24-13-14-26-45(44)54(46,41-22-11-4-12-23-41)42-32-33-47-50(34-42)58-53(57-47)40-20-9-3-10-21-40/h1-35,52,55H. The Balaban J connectivity index is 1.04. The van der Waals surface area contributed by atoms with Gasteiger partial charge in [-0.25, -0.2) is 4.98 Å². The first-order valence-electron chi connectivity index (χ1n) is 19.8. The number of nitrogens with zero attached hydrogens (tertiary/aromatic N) is 2. The van der Waals surface area contributed by atoms with Gasteiger partial charge in [0.15, 0.2) is 5.58 Å². The normalized spacial score (nSPS) is 16.9. The highest BCUT2D eigenvalue weighted by molar-refractivity contribution is 6.13. The molecule has 0 spiro atoms. The molecule has 1 N–H and O–H groups in total. The molecular weight excluding hydrogens is 707 g/mol. The maximum atomic E-state index is 6.50. The zero-order chi connectivity index (χ0) is 38.5. The summed E-state index contributed by atoms with van der Waals surface area (Å²) in [4.78, 5) is 10.1. The lowest BCUT2D eigenvalue weighted by Gasteiger charge is -2.33. The van der Waals surface area contributed by atoms with Crippen LogP contribution in [0.5, 0.6) is 0 Å². The second-order valence-electron chi connectivity index (χ2n) is 14.9. The first-order valence-corrected chi connectivity index (χ1v) is 19.8. The highest BCUT2D eigenvalue weighted by Crippen LogP contribution is 2.58. The predicted octanol–water partition coefficient (Wildman–Crippen LogP) is 12.7. The van der Waals surface area contributed by atoms with E-state index >= 15 is 0 Å². The second kappa shape index (κ2) is 13.9. The van der Waals surface area contributed by atoms with Crippen molar-refractivity contribution in [2.75, 3.05) is 0 Å². The Morgan fingerprint density at radius 2 is 1.10 bits per heavy atom. The van der Waals surface area contributed by atoms with E-state index in [4.69, 9.17) is 14.4 Å². The van der Waals surface area contributed by atoms with Gasteiger partial charge in [0.05, 0.1) is 11.1 Å². The van der Waals surface area contributed by atoms with Gasteiger partial charge in [-0.3, -0.25) is 4.99 Å². The Morgan fingerprint density at radius 3 is 1.84 bits per heavy atom. The van der Waals surface area contributed by atoms with E-state index in [1.165, 1.54) is 33.4 Å². The molecule has 11 rings (SSSR count). The molecule has 4 nitrogen and oxygen atoms in total. The number of benzene rings is 8. The van der Waals surface area contributed by atoms with E-state index in [-0.39, 0.29) is 6.17 Å². The van der Waals surface area contributed by atoms with Gasteiger partial charge < -0.3 is 9.73 Å². The average Bonchev–Trinajstić information content (AvgIpc) is 3.88. The Kier molecular flexibility index (Phi) is 8.07. The summed E-state index contributed by atoms with van der Waals surface area (Å²) in [6.45, 7) is 0. The Morgan fingerprint density at radius 1 is 0.483 bits per heavy atom. The van der Waals surface area contributed by atoms with Crippen molar-refractivity contribution < 1.29 is 4.42 Å². The number of nitrogens with one attached hydrogen (secondary N) is 1. The maximum Gasteiger partial charge on any atom is 0.227 e. The first-order chi connectivity index (χ1) is 28.7. The predicted molar refractivity (Wildman–Crippen MR) is 235 cm³/mol. The molecule has 274 valence electrons. The number of fused-ring (bicyclic) bond motifs is 4. The summed E-state index contributed by atoms with van der Waals surface area (Å²) in [6.07, 6.45) is 1.91. The van der Waals surface area contributed by atoms with Crippen molar-refractivity contribution in [1.29, 1.82) is 0 Å². The largest absolute Gasteiger partial charge is 0.436 e.